The highest BCUT2D eigenvalue weighted by atomic mass is 35.5. The smallest absolute Gasteiger partial charge is 0.304 e. The molecule has 3 rings (SSSR count). The summed E-state index contributed by atoms with van der Waals surface area (Å²) in [5.41, 5.74) is 5.09. The molecule has 0 bridgehead atoms. The normalized spacial score (nSPS) is 19.9. The van der Waals surface area contributed by atoms with Crippen molar-refractivity contribution in [1.82, 2.24) is 0 Å². The van der Waals surface area contributed by atoms with Gasteiger partial charge >= 0.3 is 10.1 Å². The molecule has 2 aromatic carbocycles. The van der Waals surface area contributed by atoms with E-state index in [9.17, 15) is 13.2 Å². The number of ether oxygens (including phenoxy) is 1. The average molecular weight is 450 g/mol. The Hall–Kier alpha value is -2.03. The molecule has 1 atom stereocenters. The van der Waals surface area contributed by atoms with E-state index in [-0.39, 0.29) is 5.02 Å². The first-order chi connectivity index (χ1) is 13.4. The zero-order chi connectivity index (χ0) is 21.6. The Labute approximate surface area is 181 Å². The van der Waals surface area contributed by atoms with E-state index in [4.69, 9.17) is 37.9 Å². The molecule has 0 radical (unpaired) electrons. The summed E-state index contributed by atoms with van der Waals surface area (Å²) in [5.74, 6) is -1.72. The van der Waals surface area contributed by atoms with Gasteiger partial charge in [0.25, 0.3) is 0 Å². The molecule has 12 heteroatoms. The van der Waals surface area contributed by atoms with Crippen molar-refractivity contribution in [2.75, 3.05) is 0 Å². The summed E-state index contributed by atoms with van der Waals surface area (Å²) >= 11 is 12.0. The summed E-state index contributed by atoms with van der Waals surface area (Å²) in [5, 5.41) is 0.515. The largest absolute Gasteiger partial charge is 0.467 e. The minimum Gasteiger partial charge on any atom is -0.467 e. The molecule has 0 fully saturated rings. The lowest BCUT2D eigenvalue weighted by atomic mass is 9.65. The van der Waals surface area contributed by atoms with Crippen molar-refractivity contribution in [1.29, 1.82) is 0 Å². The number of Topliss-reactive ketones (excluding diaryl/α,β-unsaturated/α-hetero) is 1. The molecule has 148 valence electrons. The Bertz CT molecular complexity index is 1130. The van der Waals surface area contributed by atoms with E-state index in [2.05, 4.69) is 0 Å². The average Bonchev–Trinajstić information content (AvgIpc) is 2.88. The lowest BCUT2D eigenvalue weighted by Gasteiger charge is -2.26. The highest BCUT2D eigenvalue weighted by Gasteiger charge is 2.51. The zero-order valence-corrected chi connectivity index (χ0v) is 18.2. The fourth-order valence-electron chi connectivity index (χ4n) is 2.90. The molecule has 1 aliphatic rings. The molecule has 0 spiro atoms. The van der Waals surface area contributed by atoms with E-state index in [0.29, 0.717) is 16.1 Å². The first-order valence-electron chi connectivity index (χ1n) is 8.59. The van der Waals surface area contributed by atoms with E-state index < -0.39 is 37.6 Å². The van der Waals surface area contributed by atoms with Crippen molar-refractivity contribution >= 4 is 62.6 Å². The van der Waals surface area contributed by atoms with Gasteiger partial charge in [0.2, 0.25) is 17.4 Å². The number of benzene rings is 2. The fraction of sp³-hybridized carbons (Fsp3) is 0.118. The second kappa shape index (κ2) is 7.34. The van der Waals surface area contributed by atoms with Gasteiger partial charge in [-0.05, 0) is 23.3 Å². The summed E-state index contributed by atoms with van der Waals surface area (Å²) in [7, 11) is 0.114. The van der Waals surface area contributed by atoms with Gasteiger partial charge in [0.1, 0.15) is 15.7 Å². The summed E-state index contributed by atoms with van der Waals surface area (Å²) in [6.45, 7) is 0. The monoisotopic (exact) mass is 449 g/mol. The van der Waals surface area contributed by atoms with Crippen LogP contribution >= 0.6 is 23.2 Å². The standard InChI is InChI=1S/C17H16B3Cl2NO5S/c18-16(10-6-7-11(21)12(22)8-10)14(24)13(15(23)27-16)28-29(25,26)17(19,20)9-4-2-1-3-5-9/h1-8H,18-20,23H2/t16-/m0/s1. The Kier molecular flexibility index (Phi) is 5.49. The number of hydrogen-bond acceptors (Lipinski definition) is 6. The molecule has 2 aromatic rings. The maximum absolute atomic E-state index is 13.0. The summed E-state index contributed by atoms with van der Waals surface area (Å²) in [6.07, 6.45) is 0. The van der Waals surface area contributed by atoms with Crippen LogP contribution in [0, 0.1) is 0 Å². The van der Waals surface area contributed by atoms with E-state index in [1.54, 1.807) is 36.4 Å². The van der Waals surface area contributed by atoms with Crippen LogP contribution in [0.5, 0.6) is 0 Å². The number of nitrogens with two attached hydrogens (primary N) is 1. The van der Waals surface area contributed by atoms with Crippen LogP contribution in [0.2, 0.25) is 10.0 Å². The van der Waals surface area contributed by atoms with Crippen LogP contribution in [0.1, 0.15) is 11.1 Å². The number of hydrogen-bond donors (Lipinski definition) is 1. The van der Waals surface area contributed by atoms with E-state index in [1.165, 1.54) is 35.7 Å². The lowest BCUT2D eigenvalue weighted by molar-refractivity contribution is -0.126. The van der Waals surface area contributed by atoms with Gasteiger partial charge in [0.05, 0.1) is 14.6 Å². The van der Waals surface area contributed by atoms with Gasteiger partial charge in [0, 0.05) is 0 Å². The SMILES string of the molecule is BC(B)(c1ccccc1)S(=O)(=O)OC1=C(N)O[C@@](B)(c2ccc(Cl)c(Cl)c2)C1=O. The molecule has 0 saturated heterocycles. The van der Waals surface area contributed by atoms with Crippen LogP contribution in [-0.4, -0.2) is 37.7 Å². The molecule has 0 aromatic heterocycles. The Morgan fingerprint density at radius 3 is 2.28 bits per heavy atom. The van der Waals surface area contributed by atoms with Crippen LogP contribution in [0.25, 0.3) is 0 Å². The maximum Gasteiger partial charge on any atom is 0.304 e. The third kappa shape index (κ3) is 3.65. The van der Waals surface area contributed by atoms with Gasteiger partial charge in [-0.3, -0.25) is 4.79 Å². The topological polar surface area (TPSA) is 95.7 Å². The molecular formula is C17H16B3Cl2NO5S. The van der Waals surface area contributed by atoms with E-state index in [0.717, 1.165) is 0 Å². The van der Waals surface area contributed by atoms with Crippen LogP contribution < -0.4 is 5.73 Å². The number of carbonyl (C=O) groups excluding carboxylic acids is 1. The molecule has 0 aliphatic carbocycles. The van der Waals surface area contributed by atoms with Gasteiger partial charge in [-0.2, -0.15) is 8.42 Å². The summed E-state index contributed by atoms with van der Waals surface area (Å²) < 4.78 is 35.3. The third-order valence-corrected chi connectivity index (χ3v) is 7.55. The second-order valence-electron chi connectivity index (χ2n) is 7.20. The van der Waals surface area contributed by atoms with Gasteiger partial charge in [-0.15, -0.1) is 0 Å². The maximum atomic E-state index is 13.0. The van der Waals surface area contributed by atoms with Crippen LogP contribution in [-0.2, 0) is 33.9 Å². The van der Waals surface area contributed by atoms with Gasteiger partial charge < -0.3 is 14.7 Å². The first kappa shape index (κ1) is 21.7. The molecule has 6 nitrogen and oxygen atoms in total. The highest BCUT2D eigenvalue weighted by molar-refractivity contribution is 7.90. The summed E-state index contributed by atoms with van der Waals surface area (Å²) in [4.78, 5) is 13.0. The van der Waals surface area contributed by atoms with Crippen LogP contribution in [0.3, 0.4) is 0 Å². The van der Waals surface area contributed by atoms with Gasteiger partial charge in [-0.25, -0.2) is 0 Å². The number of ketones is 1. The second-order valence-corrected chi connectivity index (χ2v) is 10.1. The van der Waals surface area contributed by atoms with Crippen molar-refractivity contribution < 1.29 is 22.1 Å². The Morgan fingerprint density at radius 1 is 1.07 bits per heavy atom. The van der Waals surface area contributed by atoms with Crippen molar-refractivity contribution in [3.05, 3.63) is 81.3 Å². The van der Waals surface area contributed by atoms with E-state index >= 15 is 0 Å². The molecule has 1 aliphatic heterocycles. The fourth-order valence-corrected chi connectivity index (χ4v) is 4.21. The molecular weight excluding hydrogens is 434 g/mol. The van der Waals surface area contributed by atoms with Crippen LogP contribution in [0.15, 0.2) is 60.2 Å². The Balaban J connectivity index is 1.95. The minimum atomic E-state index is -4.30. The lowest BCUT2D eigenvalue weighted by Crippen LogP contribution is -2.40. The molecule has 29 heavy (non-hydrogen) atoms. The Morgan fingerprint density at radius 2 is 1.69 bits per heavy atom. The van der Waals surface area contributed by atoms with Crippen molar-refractivity contribution in [2.45, 2.75) is 10.0 Å². The van der Waals surface area contributed by atoms with E-state index in [1.807, 2.05) is 0 Å². The highest BCUT2D eigenvalue weighted by Crippen LogP contribution is 2.39. The van der Waals surface area contributed by atoms with Crippen molar-refractivity contribution in [2.24, 2.45) is 5.73 Å². The zero-order valence-electron chi connectivity index (χ0n) is 15.9. The summed E-state index contributed by atoms with van der Waals surface area (Å²) in [6, 6.07) is 13.0. The predicted octanol–water partition coefficient (Wildman–Crippen LogP) is -0.0705. The number of halogens is 2. The first-order valence-corrected chi connectivity index (χ1v) is 10.8. The number of carbonyl (C=O) groups is 1. The number of rotatable bonds is 5. The molecule has 0 saturated carbocycles. The third-order valence-electron chi connectivity index (χ3n) is 4.93. The van der Waals surface area contributed by atoms with Crippen LogP contribution in [0.4, 0.5) is 0 Å². The molecule has 0 amide bonds. The van der Waals surface area contributed by atoms with Gasteiger partial charge in [0.15, 0.2) is 13.3 Å². The van der Waals surface area contributed by atoms with Gasteiger partial charge in [-0.1, -0.05) is 59.6 Å². The minimum absolute atomic E-state index is 0.215. The molecule has 2 N–H and O–H groups in total. The van der Waals surface area contributed by atoms with Crippen molar-refractivity contribution in [3.8, 4) is 0 Å². The predicted molar refractivity (Wildman–Crippen MR) is 119 cm³/mol. The molecule has 1 heterocycles. The quantitative estimate of drug-likeness (QED) is 0.507. The molecule has 0 unspecified atom stereocenters. The van der Waals surface area contributed by atoms with Crippen molar-refractivity contribution in [3.63, 3.8) is 0 Å².